The number of carbonyl (C=O) groups is 1. The Bertz CT molecular complexity index is 1020. The first-order valence-electron chi connectivity index (χ1n) is 9.43. The van der Waals surface area contributed by atoms with Crippen LogP contribution >= 0.6 is 34.4 Å². The summed E-state index contributed by atoms with van der Waals surface area (Å²) < 4.78 is 1.85. The van der Waals surface area contributed by atoms with Crippen LogP contribution in [0, 0.1) is 0 Å². The largest absolute Gasteiger partial charge is 0.293 e. The zero-order valence-electron chi connectivity index (χ0n) is 15.3. The standard InChI is InChI=1S/C20H22N2O2S3/c1-2-10-22-19(24)17-13-6-3-8-15(13)27-18(17)21-20(22)26-12-4-7-14(23)16-9-5-11-25-16/h5,9,11H,2-4,6-8,10,12H2,1H3. The molecule has 27 heavy (non-hydrogen) atoms. The predicted octanol–water partition coefficient (Wildman–Crippen LogP) is 5.17. The van der Waals surface area contributed by atoms with E-state index in [1.54, 1.807) is 23.1 Å². The number of hydrogen-bond acceptors (Lipinski definition) is 6. The maximum Gasteiger partial charge on any atom is 0.263 e. The van der Waals surface area contributed by atoms with Gasteiger partial charge in [-0.25, -0.2) is 4.98 Å². The summed E-state index contributed by atoms with van der Waals surface area (Å²) in [6.07, 6.45) is 5.49. The normalized spacial score (nSPS) is 13.4. The van der Waals surface area contributed by atoms with Crippen molar-refractivity contribution in [3.63, 3.8) is 0 Å². The molecule has 7 heteroatoms. The molecule has 4 rings (SSSR count). The number of rotatable bonds is 8. The minimum Gasteiger partial charge on any atom is -0.293 e. The molecule has 3 heterocycles. The first-order valence-corrected chi connectivity index (χ1v) is 12.1. The van der Waals surface area contributed by atoms with Crippen molar-refractivity contribution in [3.8, 4) is 0 Å². The summed E-state index contributed by atoms with van der Waals surface area (Å²) in [4.78, 5) is 33.2. The van der Waals surface area contributed by atoms with Crippen LogP contribution in [0.25, 0.3) is 10.2 Å². The maximum absolute atomic E-state index is 13.1. The lowest BCUT2D eigenvalue weighted by Crippen LogP contribution is -2.23. The third kappa shape index (κ3) is 3.77. The molecule has 0 atom stereocenters. The highest BCUT2D eigenvalue weighted by molar-refractivity contribution is 7.99. The Morgan fingerprint density at radius 1 is 1.37 bits per heavy atom. The number of thiophene rings is 2. The zero-order chi connectivity index (χ0) is 18.8. The van der Waals surface area contributed by atoms with Gasteiger partial charge >= 0.3 is 0 Å². The predicted molar refractivity (Wildman–Crippen MR) is 115 cm³/mol. The lowest BCUT2D eigenvalue weighted by atomic mass is 10.2. The van der Waals surface area contributed by atoms with Crippen molar-refractivity contribution in [2.45, 2.75) is 57.1 Å². The lowest BCUT2D eigenvalue weighted by Gasteiger charge is -2.11. The van der Waals surface area contributed by atoms with Gasteiger partial charge in [0.25, 0.3) is 5.56 Å². The van der Waals surface area contributed by atoms with Gasteiger partial charge in [0.15, 0.2) is 10.9 Å². The van der Waals surface area contributed by atoms with Gasteiger partial charge in [0.2, 0.25) is 0 Å². The Balaban J connectivity index is 1.51. The van der Waals surface area contributed by atoms with Crippen LogP contribution in [-0.4, -0.2) is 21.1 Å². The molecule has 142 valence electrons. The number of aromatic nitrogens is 2. The van der Waals surface area contributed by atoms with Gasteiger partial charge in [-0.3, -0.25) is 14.2 Å². The molecule has 0 radical (unpaired) electrons. The average molecular weight is 419 g/mol. The number of Topliss-reactive ketones (excluding diaryl/α,β-unsaturated/α-hetero) is 1. The number of nitrogens with zero attached hydrogens (tertiary/aromatic N) is 2. The Kier molecular flexibility index (Phi) is 5.80. The third-order valence-electron chi connectivity index (χ3n) is 4.81. The van der Waals surface area contributed by atoms with Gasteiger partial charge in [-0.1, -0.05) is 24.8 Å². The summed E-state index contributed by atoms with van der Waals surface area (Å²) in [6.45, 7) is 2.78. The summed E-state index contributed by atoms with van der Waals surface area (Å²) in [6, 6.07) is 3.79. The van der Waals surface area contributed by atoms with Crippen LogP contribution in [0.3, 0.4) is 0 Å². The van der Waals surface area contributed by atoms with Gasteiger partial charge < -0.3 is 0 Å². The molecule has 1 aliphatic carbocycles. The molecular formula is C20H22N2O2S3. The highest BCUT2D eigenvalue weighted by atomic mass is 32.2. The quantitative estimate of drug-likeness (QED) is 0.219. The van der Waals surface area contributed by atoms with Crippen LogP contribution in [0.2, 0.25) is 0 Å². The molecule has 3 aromatic heterocycles. The molecule has 0 N–H and O–H groups in total. The second kappa shape index (κ2) is 8.29. The van der Waals surface area contributed by atoms with E-state index in [1.807, 2.05) is 22.1 Å². The first kappa shape index (κ1) is 18.9. The van der Waals surface area contributed by atoms with Crippen LogP contribution in [0.15, 0.2) is 27.5 Å². The monoisotopic (exact) mass is 418 g/mol. The first-order chi connectivity index (χ1) is 13.2. The molecule has 0 spiro atoms. The lowest BCUT2D eigenvalue weighted by molar-refractivity contribution is 0.0986. The number of thioether (sulfide) groups is 1. The Morgan fingerprint density at radius 3 is 3.04 bits per heavy atom. The molecular weight excluding hydrogens is 396 g/mol. The zero-order valence-corrected chi connectivity index (χ0v) is 17.8. The van der Waals surface area contributed by atoms with E-state index in [-0.39, 0.29) is 11.3 Å². The number of aryl methyl sites for hydroxylation is 2. The van der Waals surface area contributed by atoms with Crippen LogP contribution < -0.4 is 5.56 Å². The molecule has 0 aromatic carbocycles. The molecule has 0 saturated heterocycles. The molecule has 1 aliphatic rings. The average Bonchev–Trinajstić information content (AvgIpc) is 3.38. The van der Waals surface area contributed by atoms with Crippen molar-refractivity contribution >= 4 is 50.4 Å². The number of hydrogen-bond donors (Lipinski definition) is 0. The van der Waals surface area contributed by atoms with Crippen molar-refractivity contribution < 1.29 is 4.79 Å². The van der Waals surface area contributed by atoms with Crippen molar-refractivity contribution in [1.82, 2.24) is 9.55 Å². The SMILES string of the molecule is CCCn1c(SCCCC(=O)c2cccs2)nc2sc3c(c2c1=O)CCC3. The van der Waals surface area contributed by atoms with Crippen LogP contribution in [0.4, 0.5) is 0 Å². The fraction of sp³-hybridized carbons (Fsp3) is 0.450. The Hall–Kier alpha value is -1.44. The van der Waals surface area contributed by atoms with Gasteiger partial charge in [-0.2, -0.15) is 0 Å². The van der Waals surface area contributed by atoms with E-state index in [0.717, 1.165) is 58.1 Å². The van der Waals surface area contributed by atoms with E-state index in [2.05, 4.69) is 6.92 Å². The highest BCUT2D eigenvalue weighted by Gasteiger charge is 2.23. The van der Waals surface area contributed by atoms with Crippen molar-refractivity contribution in [2.75, 3.05) is 5.75 Å². The summed E-state index contributed by atoms with van der Waals surface area (Å²) in [5, 5.41) is 3.60. The minimum absolute atomic E-state index is 0.124. The summed E-state index contributed by atoms with van der Waals surface area (Å²) in [5.74, 6) is 0.999. The van der Waals surface area contributed by atoms with Gasteiger partial charge in [0, 0.05) is 23.6 Å². The van der Waals surface area contributed by atoms with Crippen LogP contribution in [-0.2, 0) is 19.4 Å². The molecule has 0 aliphatic heterocycles. The second-order valence-corrected chi connectivity index (χ2v) is 9.83. The topological polar surface area (TPSA) is 52.0 Å². The molecule has 0 bridgehead atoms. The fourth-order valence-corrected chi connectivity index (χ4v) is 6.51. The minimum atomic E-state index is 0.124. The van der Waals surface area contributed by atoms with Gasteiger partial charge in [0.1, 0.15) is 4.83 Å². The van der Waals surface area contributed by atoms with E-state index < -0.39 is 0 Å². The second-order valence-electron chi connectivity index (χ2n) is 6.74. The van der Waals surface area contributed by atoms with Gasteiger partial charge in [0.05, 0.1) is 10.3 Å². The Morgan fingerprint density at radius 2 is 2.26 bits per heavy atom. The van der Waals surface area contributed by atoms with Crippen molar-refractivity contribution in [3.05, 3.63) is 43.2 Å². The van der Waals surface area contributed by atoms with Gasteiger partial charge in [-0.05, 0) is 49.1 Å². The number of carbonyl (C=O) groups excluding carboxylic acids is 1. The van der Waals surface area contributed by atoms with E-state index in [9.17, 15) is 9.59 Å². The summed E-state index contributed by atoms with van der Waals surface area (Å²) in [5.41, 5.74) is 1.37. The molecule has 0 unspecified atom stereocenters. The molecule has 0 amide bonds. The van der Waals surface area contributed by atoms with E-state index in [0.29, 0.717) is 13.0 Å². The smallest absolute Gasteiger partial charge is 0.263 e. The molecule has 0 fully saturated rings. The summed E-state index contributed by atoms with van der Waals surface area (Å²) >= 11 is 4.80. The van der Waals surface area contributed by atoms with E-state index in [1.165, 1.54) is 21.8 Å². The van der Waals surface area contributed by atoms with Crippen molar-refractivity contribution in [1.29, 1.82) is 0 Å². The van der Waals surface area contributed by atoms with Crippen molar-refractivity contribution in [2.24, 2.45) is 0 Å². The molecule has 4 nitrogen and oxygen atoms in total. The fourth-order valence-electron chi connectivity index (χ4n) is 3.55. The molecule has 0 saturated carbocycles. The van der Waals surface area contributed by atoms with Crippen LogP contribution in [0.5, 0.6) is 0 Å². The summed E-state index contributed by atoms with van der Waals surface area (Å²) in [7, 11) is 0. The van der Waals surface area contributed by atoms with Crippen LogP contribution in [0.1, 0.15) is 52.7 Å². The maximum atomic E-state index is 13.1. The van der Waals surface area contributed by atoms with Gasteiger partial charge in [-0.15, -0.1) is 22.7 Å². The number of ketones is 1. The van der Waals surface area contributed by atoms with E-state index >= 15 is 0 Å². The molecule has 3 aromatic rings. The Labute approximate surface area is 170 Å². The third-order valence-corrected chi connectivity index (χ3v) is 7.97. The number of fused-ring (bicyclic) bond motifs is 3. The van der Waals surface area contributed by atoms with E-state index in [4.69, 9.17) is 4.98 Å². The highest BCUT2D eigenvalue weighted by Crippen LogP contribution is 2.35.